The van der Waals surface area contributed by atoms with Gasteiger partial charge in [-0.05, 0) is 30.7 Å². The third-order valence-electron chi connectivity index (χ3n) is 3.32. The second-order valence-electron chi connectivity index (χ2n) is 4.73. The molecule has 1 aliphatic rings. The van der Waals surface area contributed by atoms with Crippen molar-refractivity contribution >= 4 is 34.0 Å². The molecular weight excluding hydrogens is 294 g/mol. The van der Waals surface area contributed by atoms with E-state index in [0.29, 0.717) is 10.6 Å². The first-order valence-electron chi connectivity index (χ1n) is 6.43. The van der Waals surface area contributed by atoms with Crippen molar-refractivity contribution < 1.29 is 4.79 Å². The molecule has 1 fully saturated rings. The van der Waals surface area contributed by atoms with Crippen LogP contribution in [0.25, 0.3) is 0 Å². The molecule has 0 bridgehead atoms. The minimum Gasteiger partial charge on any atom is -0.347 e. The van der Waals surface area contributed by atoms with Crippen LogP contribution >= 0.6 is 22.9 Å². The van der Waals surface area contributed by atoms with Gasteiger partial charge in [0.05, 0.1) is 0 Å². The summed E-state index contributed by atoms with van der Waals surface area (Å²) in [5.74, 6) is -0.0485. The van der Waals surface area contributed by atoms with Crippen molar-refractivity contribution in [1.29, 1.82) is 0 Å². The number of benzene rings is 1. The van der Waals surface area contributed by atoms with Crippen LogP contribution in [0.15, 0.2) is 35.8 Å². The number of halogens is 1. The zero-order valence-electron chi connectivity index (χ0n) is 10.8. The highest BCUT2D eigenvalue weighted by molar-refractivity contribution is 7.13. The summed E-state index contributed by atoms with van der Waals surface area (Å²) >= 11 is 7.45. The van der Waals surface area contributed by atoms with Gasteiger partial charge >= 0.3 is 0 Å². The monoisotopic (exact) mass is 307 g/mol. The van der Waals surface area contributed by atoms with Crippen molar-refractivity contribution in [1.82, 2.24) is 10.3 Å². The number of carbonyl (C=O) groups excluding carboxylic acids is 1. The van der Waals surface area contributed by atoms with Crippen LogP contribution in [0, 0.1) is 0 Å². The standard InChI is InChI=1S/C14H14ClN3OS/c15-11-3-1-10(2-4-11)13(19)17-12-5-7-18(9-12)14-16-6-8-20-14/h1-4,6,8,12H,5,7,9H2,(H,17,19). The number of nitrogens with zero attached hydrogens (tertiary/aromatic N) is 2. The number of hydrogen-bond donors (Lipinski definition) is 1. The molecule has 104 valence electrons. The maximum atomic E-state index is 12.1. The van der Waals surface area contributed by atoms with Gasteiger partial charge in [-0.2, -0.15) is 0 Å². The van der Waals surface area contributed by atoms with Crippen LogP contribution in [0.4, 0.5) is 5.13 Å². The minimum atomic E-state index is -0.0485. The van der Waals surface area contributed by atoms with Gasteiger partial charge < -0.3 is 10.2 Å². The summed E-state index contributed by atoms with van der Waals surface area (Å²) in [5.41, 5.74) is 0.641. The Morgan fingerprint density at radius 3 is 2.90 bits per heavy atom. The Bertz CT molecular complexity index is 585. The van der Waals surface area contributed by atoms with Gasteiger partial charge in [-0.25, -0.2) is 4.98 Å². The molecule has 6 heteroatoms. The topological polar surface area (TPSA) is 45.2 Å². The van der Waals surface area contributed by atoms with Gasteiger partial charge in [0.2, 0.25) is 0 Å². The van der Waals surface area contributed by atoms with Gasteiger partial charge in [-0.1, -0.05) is 11.6 Å². The molecule has 0 radical (unpaired) electrons. The molecule has 2 heterocycles. The van der Waals surface area contributed by atoms with E-state index >= 15 is 0 Å². The van der Waals surface area contributed by atoms with Crippen molar-refractivity contribution in [3.63, 3.8) is 0 Å². The molecule has 1 saturated heterocycles. The minimum absolute atomic E-state index is 0.0485. The number of rotatable bonds is 3. The molecule has 1 amide bonds. The number of aromatic nitrogens is 1. The molecule has 20 heavy (non-hydrogen) atoms. The van der Waals surface area contributed by atoms with Crippen molar-refractivity contribution in [3.8, 4) is 0 Å². The number of hydrogen-bond acceptors (Lipinski definition) is 4. The van der Waals surface area contributed by atoms with Crippen LogP contribution in [0.1, 0.15) is 16.8 Å². The maximum Gasteiger partial charge on any atom is 0.251 e. The number of thiazole rings is 1. The van der Waals surface area contributed by atoms with E-state index in [4.69, 9.17) is 11.6 Å². The van der Waals surface area contributed by atoms with E-state index in [2.05, 4.69) is 15.2 Å². The van der Waals surface area contributed by atoms with Crippen LogP contribution < -0.4 is 10.2 Å². The van der Waals surface area contributed by atoms with Gasteiger partial charge in [0.15, 0.2) is 5.13 Å². The first-order valence-corrected chi connectivity index (χ1v) is 7.69. The molecule has 1 aromatic carbocycles. The highest BCUT2D eigenvalue weighted by Gasteiger charge is 2.25. The second kappa shape index (κ2) is 5.81. The van der Waals surface area contributed by atoms with Crippen molar-refractivity contribution in [2.45, 2.75) is 12.5 Å². The largest absolute Gasteiger partial charge is 0.347 e. The predicted octanol–water partition coefficient (Wildman–Crippen LogP) is 2.81. The Balaban J connectivity index is 1.59. The Hall–Kier alpha value is -1.59. The average Bonchev–Trinajstić information content (AvgIpc) is 3.09. The maximum absolute atomic E-state index is 12.1. The fourth-order valence-electron chi connectivity index (χ4n) is 2.29. The highest BCUT2D eigenvalue weighted by Crippen LogP contribution is 2.22. The number of carbonyl (C=O) groups is 1. The summed E-state index contributed by atoms with van der Waals surface area (Å²) < 4.78 is 0. The first-order chi connectivity index (χ1) is 9.72. The van der Waals surface area contributed by atoms with E-state index in [1.165, 1.54) is 0 Å². The number of anilines is 1. The van der Waals surface area contributed by atoms with Crippen molar-refractivity contribution in [2.24, 2.45) is 0 Å². The summed E-state index contributed by atoms with van der Waals surface area (Å²) in [6.45, 7) is 1.74. The third kappa shape index (κ3) is 2.94. The summed E-state index contributed by atoms with van der Waals surface area (Å²) in [6, 6.07) is 7.11. The van der Waals surface area contributed by atoms with E-state index in [9.17, 15) is 4.79 Å². The summed E-state index contributed by atoms with van der Waals surface area (Å²) in [4.78, 5) is 18.6. The van der Waals surface area contributed by atoms with E-state index in [1.807, 2.05) is 5.38 Å². The smallest absolute Gasteiger partial charge is 0.251 e. The van der Waals surface area contributed by atoms with Crippen LogP contribution in [-0.2, 0) is 0 Å². The van der Waals surface area contributed by atoms with Gasteiger partial charge in [-0.3, -0.25) is 4.79 Å². The quantitative estimate of drug-likeness (QED) is 0.948. The van der Waals surface area contributed by atoms with E-state index < -0.39 is 0 Å². The molecule has 3 rings (SSSR count). The lowest BCUT2D eigenvalue weighted by molar-refractivity contribution is 0.0940. The predicted molar refractivity (Wildman–Crippen MR) is 81.7 cm³/mol. The zero-order chi connectivity index (χ0) is 13.9. The molecule has 0 spiro atoms. The lowest BCUT2D eigenvalue weighted by atomic mass is 10.2. The van der Waals surface area contributed by atoms with Crippen molar-refractivity contribution in [2.75, 3.05) is 18.0 Å². The number of nitrogens with one attached hydrogen (secondary N) is 1. The molecular formula is C14H14ClN3OS. The Morgan fingerprint density at radius 2 is 2.20 bits per heavy atom. The lowest BCUT2D eigenvalue weighted by Crippen LogP contribution is -2.37. The van der Waals surface area contributed by atoms with Crippen LogP contribution in [-0.4, -0.2) is 30.0 Å². The molecule has 0 saturated carbocycles. The van der Waals surface area contributed by atoms with Gasteiger partial charge in [0.1, 0.15) is 0 Å². The Morgan fingerprint density at radius 1 is 1.40 bits per heavy atom. The highest BCUT2D eigenvalue weighted by atomic mass is 35.5. The van der Waals surface area contributed by atoms with Gasteiger partial charge in [0.25, 0.3) is 5.91 Å². The van der Waals surface area contributed by atoms with E-state index in [1.54, 1.807) is 41.8 Å². The van der Waals surface area contributed by atoms with Crippen LogP contribution in [0.2, 0.25) is 5.02 Å². The molecule has 1 aromatic heterocycles. The molecule has 2 aromatic rings. The van der Waals surface area contributed by atoms with Gasteiger partial charge in [-0.15, -0.1) is 11.3 Å². The zero-order valence-corrected chi connectivity index (χ0v) is 12.3. The fraction of sp³-hybridized carbons (Fsp3) is 0.286. The summed E-state index contributed by atoms with van der Waals surface area (Å²) in [7, 11) is 0. The van der Waals surface area contributed by atoms with Crippen molar-refractivity contribution in [3.05, 3.63) is 46.4 Å². The molecule has 4 nitrogen and oxygen atoms in total. The Labute approximate surface area is 126 Å². The molecule has 0 aliphatic carbocycles. The molecule has 1 N–H and O–H groups in total. The lowest BCUT2D eigenvalue weighted by Gasteiger charge is -2.15. The summed E-state index contributed by atoms with van der Waals surface area (Å²) in [6.07, 6.45) is 2.75. The fourth-order valence-corrected chi connectivity index (χ4v) is 3.10. The van der Waals surface area contributed by atoms with Crippen LogP contribution in [0.5, 0.6) is 0 Å². The third-order valence-corrected chi connectivity index (χ3v) is 4.40. The van der Waals surface area contributed by atoms with E-state index in [0.717, 1.165) is 24.6 Å². The number of amides is 1. The normalized spacial score (nSPS) is 18.2. The molecule has 1 aliphatic heterocycles. The molecule has 1 unspecified atom stereocenters. The van der Waals surface area contributed by atoms with Crippen LogP contribution in [0.3, 0.4) is 0 Å². The molecule has 1 atom stereocenters. The Kier molecular flexibility index (Phi) is 3.89. The average molecular weight is 308 g/mol. The first kappa shape index (κ1) is 13.4. The summed E-state index contributed by atoms with van der Waals surface area (Å²) in [5, 5.41) is 6.68. The van der Waals surface area contributed by atoms with Gasteiger partial charge in [0, 0.05) is 41.3 Å². The SMILES string of the molecule is O=C(NC1CCN(c2nccs2)C1)c1ccc(Cl)cc1. The second-order valence-corrected chi connectivity index (χ2v) is 6.04. The van der Waals surface area contributed by atoms with E-state index in [-0.39, 0.29) is 11.9 Å².